The van der Waals surface area contributed by atoms with Gasteiger partial charge in [0, 0.05) is 11.9 Å². The molecule has 112 valence electrons. The van der Waals surface area contributed by atoms with Crippen molar-refractivity contribution in [3.63, 3.8) is 0 Å². The SMILES string of the molecule is Cc1ccc(CNC(=O)Cc2noc3ccccc23)cc1F. The number of fused-ring (bicyclic) bond motifs is 1. The van der Waals surface area contributed by atoms with Gasteiger partial charge in [0.15, 0.2) is 5.58 Å². The summed E-state index contributed by atoms with van der Waals surface area (Å²) in [5.41, 5.74) is 2.57. The molecule has 5 heteroatoms. The van der Waals surface area contributed by atoms with Gasteiger partial charge in [0.25, 0.3) is 0 Å². The summed E-state index contributed by atoms with van der Waals surface area (Å²) in [5.74, 6) is -0.450. The Hall–Kier alpha value is -2.69. The lowest BCUT2D eigenvalue weighted by Crippen LogP contribution is -2.24. The number of nitrogens with zero attached hydrogens (tertiary/aromatic N) is 1. The van der Waals surface area contributed by atoms with Gasteiger partial charge in [-0.2, -0.15) is 0 Å². The first-order chi connectivity index (χ1) is 10.6. The minimum Gasteiger partial charge on any atom is -0.356 e. The predicted molar refractivity (Wildman–Crippen MR) is 80.7 cm³/mol. The van der Waals surface area contributed by atoms with Crippen LogP contribution in [0.4, 0.5) is 4.39 Å². The van der Waals surface area contributed by atoms with Crippen molar-refractivity contribution in [2.75, 3.05) is 0 Å². The fourth-order valence-corrected chi connectivity index (χ4v) is 2.23. The highest BCUT2D eigenvalue weighted by molar-refractivity contribution is 5.86. The first kappa shape index (κ1) is 14.3. The van der Waals surface area contributed by atoms with E-state index in [1.165, 1.54) is 6.07 Å². The lowest BCUT2D eigenvalue weighted by Gasteiger charge is -2.05. The maximum atomic E-state index is 13.4. The van der Waals surface area contributed by atoms with Crippen LogP contribution in [0.3, 0.4) is 0 Å². The summed E-state index contributed by atoms with van der Waals surface area (Å²) in [6, 6.07) is 12.3. The lowest BCUT2D eigenvalue weighted by atomic mass is 10.1. The van der Waals surface area contributed by atoms with E-state index >= 15 is 0 Å². The smallest absolute Gasteiger partial charge is 0.226 e. The van der Waals surface area contributed by atoms with Crippen molar-refractivity contribution in [2.24, 2.45) is 0 Å². The van der Waals surface area contributed by atoms with Crippen LogP contribution in [0.1, 0.15) is 16.8 Å². The number of nitrogens with one attached hydrogen (secondary N) is 1. The van der Waals surface area contributed by atoms with E-state index < -0.39 is 0 Å². The highest BCUT2D eigenvalue weighted by Crippen LogP contribution is 2.18. The molecule has 0 saturated heterocycles. The summed E-state index contributed by atoms with van der Waals surface area (Å²) in [4.78, 5) is 12.0. The molecule has 22 heavy (non-hydrogen) atoms. The van der Waals surface area contributed by atoms with E-state index in [4.69, 9.17) is 4.52 Å². The number of halogens is 1. The van der Waals surface area contributed by atoms with Gasteiger partial charge in [-0.1, -0.05) is 29.4 Å². The maximum Gasteiger partial charge on any atom is 0.226 e. The normalized spacial score (nSPS) is 10.8. The molecular weight excluding hydrogens is 283 g/mol. The van der Waals surface area contributed by atoms with E-state index in [0.717, 1.165) is 10.9 Å². The summed E-state index contributed by atoms with van der Waals surface area (Å²) in [6.45, 7) is 1.99. The van der Waals surface area contributed by atoms with Gasteiger partial charge in [-0.3, -0.25) is 4.79 Å². The second kappa shape index (κ2) is 5.97. The van der Waals surface area contributed by atoms with E-state index in [1.807, 2.05) is 18.2 Å². The van der Waals surface area contributed by atoms with Gasteiger partial charge in [-0.05, 0) is 36.2 Å². The number of para-hydroxylation sites is 1. The number of benzene rings is 2. The number of aryl methyl sites for hydroxylation is 1. The summed E-state index contributed by atoms with van der Waals surface area (Å²) in [6.07, 6.45) is 0.130. The molecule has 0 aliphatic rings. The van der Waals surface area contributed by atoms with E-state index in [9.17, 15) is 9.18 Å². The van der Waals surface area contributed by atoms with Crippen LogP contribution in [0.5, 0.6) is 0 Å². The minimum atomic E-state index is -0.269. The molecule has 1 N–H and O–H groups in total. The Balaban J connectivity index is 1.64. The van der Waals surface area contributed by atoms with Crippen LogP contribution in [-0.2, 0) is 17.8 Å². The average Bonchev–Trinajstić information content (AvgIpc) is 2.92. The Labute approximate surface area is 126 Å². The van der Waals surface area contributed by atoms with Crippen molar-refractivity contribution in [1.29, 1.82) is 0 Å². The number of carbonyl (C=O) groups excluding carboxylic acids is 1. The van der Waals surface area contributed by atoms with Crippen LogP contribution in [0.15, 0.2) is 47.0 Å². The highest BCUT2D eigenvalue weighted by Gasteiger charge is 2.11. The molecule has 0 saturated carbocycles. The van der Waals surface area contributed by atoms with E-state index in [1.54, 1.807) is 25.1 Å². The third-order valence-corrected chi connectivity index (χ3v) is 3.51. The number of hydrogen-bond donors (Lipinski definition) is 1. The molecule has 0 atom stereocenters. The summed E-state index contributed by atoms with van der Waals surface area (Å²) in [5, 5.41) is 7.51. The monoisotopic (exact) mass is 298 g/mol. The van der Waals surface area contributed by atoms with Gasteiger partial charge < -0.3 is 9.84 Å². The third kappa shape index (κ3) is 2.98. The zero-order valence-electron chi connectivity index (χ0n) is 12.1. The quantitative estimate of drug-likeness (QED) is 0.805. The summed E-state index contributed by atoms with van der Waals surface area (Å²) in [7, 11) is 0. The summed E-state index contributed by atoms with van der Waals surface area (Å²) < 4.78 is 18.6. The van der Waals surface area contributed by atoms with Crippen LogP contribution < -0.4 is 5.32 Å². The molecule has 1 amide bonds. The molecule has 0 aliphatic heterocycles. The highest BCUT2D eigenvalue weighted by atomic mass is 19.1. The zero-order valence-corrected chi connectivity index (χ0v) is 12.1. The maximum absolute atomic E-state index is 13.4. The van der Waals surface area contributed by atoms with Gasteiger partial charge in [0.2, 0.25) is 5.91 Å². The Morgan fingerprint density at radius 3 is 2.91 bits per heavy atom. The van der Waals surface area contributed by atoms with Gasteiger partial charge in [-0.15, -0.1) is 0 Å². The van der Waals surface area contributed by atoms with Crippen molar-refractivity contribution in [3.05, 3.63) is 65.1 Å². The number of aromatic nitrogens is 1. The Morgan fingerprint density at radius 1 is 1.27 bits per heavy atom. The number of rotatable bonds is 4. The van der Waals surface area contributed by atoms with Crippen LogP contribution in [0.2, 0.25) is 0 Å². The second-order valence-electron chi connectivity index (χ2n) is 5.16. The number of carbonyl (C=O) groups is 1. The lowest BCUT2D eigenvalue weighted by molar-refractivity contribution is -0.120. The molecule has 4 nitrogen and oxygen atoms in total. The largest absolute Gasteiger partial charge is 0.356 e. The Kier molecular flexibility index (Phi) is 3.87. The molecule has 0 bridgehead atoms. The molecule has 0 unspecified atom stereocenters. The fraction of sp³-hybridized carbons (Fsp3) is 0.176. The van der Waals surface area contributed by atoms with Gasteiger partial charge in [0.05, 0.1) is 6.42 Å². The zero-order chi connectivity index (χ0) is 15.5. The topological polar surface area (TPSA) is 55.1 Å². The molecule has 0 spiro atoms. The first-order valence-electron chi connectivity index (χ1n) is 6.98. The Bertz CT molecular complexity index is 826. The molecule has 2 aromatic carbocycles. The second-order valence-corrected chi connectivity index (χ2v) is 5.16. The van der Waals surface area contributed by atoms with Crippen molar-refractivity contribution >= 4 is 16.9 Å². The van der Waals surface area contributed by atoms with Crippen molar-refractivity contribution < 1.29 is 13.7 Å². The van der Waals surface area contributed by atoms with E-state index in [0.29, 0.717) is 16.8 Å². The molecule has 3 rings (SSSR count). The predicted octanol–water partition coefficient (Wildman–Crippen LogP) is 3.13. The molecule has 0 radical (unpaired) electrons. The summed E-state index contributed by atoms with van der Waals surface area (Å²) >= 11 is 0. The molecule has 1 heterocycles. The van der Waals surface area contributed by atoms with Crippen LogP contribution >= 0.6 is 0 Å². The van der Waals surface area contributed by atoms with E-state index in [2.05, 4.69) is 10.5 Å². The van der Waals surface area contributed by atoms with Crippen LogP contribution in [0.25, 0.3) is 11.0 Å². The van der Waals surface area contributed by atoms with Crippen LogP contribution in [0, 0.1) is 12.7 Å². The van der Waals surface area contributed by atoms with Crippen molar-refractivity contribution in [1.82, 2.24) is 10.5 Å². The van der Waals surface area contributed by atoms with Crippen molar-refractivity contribution in [2.45, 2.75) is 19.9 Å². The van der Waals surface area contributed by atoms with E-state index in [-0.39, 0.29) is 24.7 Å². The van der Waals surface area contributed by atoms with Gasteiger partial charge >= 0.3 is 0 Å². The van der Waals surface area contributed by atoms with Gasteiger partial charge in [0.1, 0.15) is 11.5 Å². The first-order valence-corrected chi connectivity index (χ1v) is 6.98. The minimum absolute atomic E-state index is 0.130. The number of amides is 1. The third-order valence-electron chi connectivity index (χ3n) is 3.51. The van der Waals surface area contributed by atoms with Crippen LogP contribution in [-0.4, -0.2) is 11.1 Å². The van der Waals surface area contributed by atoms with Crippen molar-refractivity contribution in [3.8, 4) is 0 Å². The van der Waals surface area contributed by atoms with Gasteiger partial charge in [-0.25, -0.2) is 4.39 Å². The molecule has 3 aromatic rings. The Morgan fingerprint density at radius 2 is 2.09 bits per heavy atom. The molecule has 1 aromatic heterocycles. The fourth-order valence-electron chi connectivity index (χ4n) is 2.23. The number of hydrogen-bond acceptors (Lipinski definition) is 3. The molecule has 0 fully saturated rings. The molecular formula is C17H15FN2O2. The standard InChI is InChI=1S/C17H15FN2O2/c1-11-6-7-12(8-14(11)18)10-19-17(21)9-15-13-4-2-3-5-16(13)22-20-15/h2-8H,9-10H2,1H3,(H,19,21). The molecule has 0 aliphatic carbocycles. The average molecular weight is 298 g/mol.